The van der Waals surface area contributed by atoms with Crippen molar-refractivity contribution in [1.29, 1.82) is 0 Å². The standard InChI is InChI=1S/C17H16F3N7O.C2HF3O2/c18-17(19,20)13-5-10-27-16(23-13)24-14(25-27)15(28)22-11-3-8-26(9-4-11)12-1-6-21-7-2-12;3-2(4,5)1(6)7/h1-2,5-7,10-11H,3-4,8-9H2,(H,22,28);(H,6,7). The second-order valence-corrected chi connectivity index (χ2v) is 7.23. The number of alkyl halides is 6. The summed E-state index contributed by atoms with van der Waals surface area (Å²) in [5.74, 6) is -3.76. The molecule has 3 aromatic heterocycles. The summed E-state index contributed by atoms with van der Waals surface area (Å²) in [7, 11) is 0. The Labute approximate surface area is 192 Å². The van der Waals surface area contributed by atoms with Crippen molar-refractivity contribution in [2.45, 2.75) is 31.2 Å². The average molecular weight is 505 g/mol. The Morgan fingerprint density at radius 1 is 1.00 bits per heavy atom. The first kappa shape index (κ1) is 25.6. The second kappa shape index (κ2) is 10.1. The normalized spacial score (nSPS) is 14.9. The first-order valence-electron chi connectivity index (χ1n) is 9.91. The molecule has 4 heterocycles. The largest absolute Gasteiger partial charge is 0.490 e. The van der Waals surface area contributed by atoms with Gasteiger partial charge in [-0.25, -0.2) is 14.3 Å². The van der Waals surface area contributed by atoms with Crippen molar-refractivity contribution in [2.75, 3.05) is 18.0 Å². The molecule has 1 fully saturated rings. The smallest absolute Gasteiger partial charge is 0.475 e. The Morgan fingerprint density at radius 3 is 2.14 bits per heavy atom. The summed E-state index contributed by atoms with van der Waals surface area (Å²) in [6.07, 6.45) is -3.65. The van der Waals surface area contributed by atoms with Crippen LogP contribution in [0.3, 0.4) is 0 Å². The highest BCUT2D eigenvalue weighted by Crippen LogP contribution is 2.27. The molecule has 188 valence electrons. The molecule has 1 aliphatic heterocycles. The molecule has 0 aliphatic carbocycles. The maximum Gasteiger partial charge on any atom is 0.490 e. The number of pyridine rings is 1. The number of nitrogens with zero attached hydrogens (tertiary/aromatic N) is 6. The monoisotopic (exact) mass is 505 g/mol. The van der Waals surface area contributed by atoms with E-state index in [1.54, 1.807) is 12.4 Å². The molecule has 4 rings (SSSR count). The Kier molecular flexibility index (Phi) is 7.40. The first-order chi connectivity index (χ1) is 16.3. The molecule has 2 N–H and O–H groups in total. The van der Waals surface area contributed by atoms with Crippen LogP contribution >= 0.6 is 0 Å². The van der Waals surface area contributed by atoms with E-state index in [1.165, 1.54) is 0 Å². The van der Waals surface area contributed by atoms with E-state index in [0.717, 1.165) is 48.4 Å². The number of anilines is 1. The number of halogens is 6. The number of rotatable bonds is 3. The highest BCUT2D eigenvalue weighted by molar-refractivity contribution is 5.91. The molecule has 0 spiro atoms. The van der Waals surface area contributed by atoms with E-state index < -0.39 is 29.9 Å². The van der Waals surface area contributed by atoms with Crippen LogP contribution in [0.25, 0.3) is 5.78 Å². The SMILES string of the molecule is O=C(NC1CCN(c2ccncc2)CC1)c1nc2nc(C(F)(F)F)ccn2n1.O=C(O)C(F)(F)F. The first-order valence-corrected chi connectivity index (χ1v) is 9.91. The molecule has 0 aromatic carbocycles. The zero-order valence-corrected chi connectivity index (χ0v) is 17.6. The third-order valence-electron chi connectivity index (χ3n) is 4.80. The summed E-state index contributed by atoms with van der Waals surface area (Å²) in [6, 6.07) is 4.59. The molecule has 0 saturated carbocycles. The molecule has 1 aliphatic rings. The Bertz CT molecular complexity index is 1180. The minimum atomic E-state index is -5.08. The minimum Gasteiger partial charge on any atom is -0.475 e. The fourth-order valence-corrected chi connectivity index (χ4v) is 3.12. The van der Waals surface area contributed by atoms with E-state index in [1.807, 2.05) is 12.1 Å². The number of carboxylic acid groups (broad SMARTS) is 1. The van der Waals surface area contributed by atoms with Gasteiger partial charge in [0.05, 0.1) is 0 Å². The number of amides is 1. The molecule has 1 amide bonds. The van der Waals surface area contributed by atoms with Gasteiger partial charge in [-0.3, -0.25) is 9.78 Å². The maximum absolute atomic E-state index is 12.7. The second-order valence-electron chi connectivity index (χ2n) is 7.23. The molecule has 0 unspecified atom stereocenters. The molecule has 10 nitrogen and oxygen atoms in total. The fraction of sp³-hybridized carbons (Fsp3) is 0.368. The molecule has 0 radical (unpaired) electrons. The summed E-state index contributed by atoms with van der Waals surface area (Å²) < 4.78 is 71.0. The van der Waals surface area contributed by atoms with Gasteiger partial charge in [-0.05, 0) is 31.0 Å². The van der Waals surface area contributed by atoms with Crippen molar-refractivity contribution >= 4 is 23.3 Å². The van der Waals surface area contributed by atoms with Crippen molar-refractivity contribution in [1.82, 2.24) is 29.9 Å². The number of aromatic nitrogens is 5. The van der Waals surface area contributed by atoms with Crippen LogP contribution in [0, 0.1) is 0 Å². The Balaban J connectivity index is 0.000000429. The number of aliphatic carboxylic acids is 1. The van der Waals surface area contributed by atoms with Crippen LogP contribution in [0.1, 0.15) is 29.2 Å². The van der Waals surface area contributed by atoms with E-state index in [-0.39, 0.29) is 17.6 Å². The van der Waals surface area contributed by atoms with Gasteiger partial charge in [0.1, 0.15) is 5.69 Å². The van der Waals surface area contributed by atoms with Gasteiger partial charge < -0.3 is 15.3 Å². The molecular formula is C19H17F6N7O3. The maximum atomic E-state index is 12.7. The minimum absolute atomic E-state index is 0.0594. The number of carbonyl (C=O) groups excluding carboxylic acids is 1. The van der Waals surface area contributed by atoms with E-state index in [2.05, 4.69) is 30.3 Å². The van der Waals surface area contributed by atoms with Crippen LogP contribution in [0.4, 0.5) is 32.0 Å². The van der Waals surface area contributed by atoms with Gasteiger partial charge in [-0.15, -0.1) is 5.10 Å². The summed E-state index contributed by atoms with van der Waals surface area (Å²) in [5.41, 5.74) is -0.00354. The molecule has 35 heavy (non-hydrogen) atoms. The quantitative estimate of drug-likeness (QED) is 0.521. The summed E-state index contributed by atoms with van der Waals surface area (Å²) in [4.78, 5) is 34.7. The topological polar surface area (TPSA) is 126 Å². The highest BCUT2D eigenvalue weighted by atomic mass is 19.4. The third kappa shape index (κ3) is 6.77. The number of carbonyl (C=O) groups is 2. The summed E-state index contributed by atoms with van der Waals surface area (Å²) in [6.45, 7) is 1.54. The zero-order valence-electron chi connectivity index (χ0n) is 17.6. The van der Waals surface area contributed by atoms with Crippen LogP contribution in [0.15, 0.2) is 36.8 Å². The van der Waals surface area contributed by atoms with Gasteiger partial charge in [0, 0.05) is 43.4 Å². The van der Waals surface area contributed by atoms with E-state index in [0.29, 0.717) is 0 Å². The molecule has 1 saturated heterocycles. The Morgan fingerprint density at radius 2 is 1.60 bits per heavy atom. The fourth-order valence-electron chi connectivity index (χ4n) is 3.12. The number of fused-ring (bicyclic) bond motifs is 1. The van der Waals surface area contributed by atoms with Crippen LogP contribution in [-0.4, -0.2) is 66.9 Å². The van der Waals surface area contributed by atoms with Gasteiger partial charge in [0.25, 0.3) is 11.7 Å². The lowest BCUT2D eigenvalue weighted by atomic mass is 10.0. The van der Waals surface area contributed by atoms with Crippen LogP contribution in [-0.2, 0) is 11.0 Å². The van der Waals surface area contributed by atoms with E-state index >= 15 is 0 Å². The van der Waals surface area contributed by atoms with Crippen molar-refractivity contribution in [3.63, 3.8) is 0 Å². The molecule has 3 aromatic rings. The molecule has 16 heteroatoms. The number of hydrogen-bond acceptors (Lipinski definition) is 7. The van der Waals surface area contributed by atoms with Gasteiger partial charge in [-0.2, -0.15) is 31.3 Å². The molecule has 0 atom stereocenters. The molecule has 0 bridgehead atoms. The van der Waals surface area contributed by atoms with Gasteiger partial charge in [0.2, 0.25) is 5.82 Å². The summed E-state index contributed by atoms with van der Waals surface area (Å²) >= 11 is 0. The lowest BCUT2D eigenvalue weighted by molar-refractivity contribution is -0.192. The number of nitrogens with one attached hydrogen (secondary N) is 1. The Hall–Kier alpha value is -3.98. The van der Waals surface area contributed by atoms with Crippen LogP contribution in [0.2, 0.25) is 0 Å². The van der Waals surface area contributed by atoms with E-state index in [4.69, 9.17) is 9.90 Å². The van der Waals surface area contributed by atoms with Gasteiger partial charge in [-0.1, -0.05) is 0 Å². The van der Waals surface area contributed by atoms with Gasteiger partial charge >= 0.3 is 18.3 Å². The van der Waals surface area contributed by atoms with Crippen molar-refractivity contribution in [3.8, 4) is 0 Å². The third-order valence-corrected chi connectivity index (χ3v) is 4.80. The number of piperidine rings is 1. The van der Waals surface area contributed by atoms with Crippen LogP contribution in [0.5, 0.6) is 0 Å². The van der Waals surface area contributed by atoms with Crippen molar-refractivity contribution in [3.05, 3.63) is 48.3 Å². The average Bonchev–Trinajstić information content (AvgIpc) is 3.23. The van der Waals surface area contributed by atoms with Crippen molar-refractivity contribution in [2.24, 2.45) is 0 Å². The predicted molar refractivity (Wildman–Crippen MR) is 106 cm³/mol. The number of hydrogen-bond donors (Lipinski definition) is 2. The van der Waals surface area contributed by atoms with Crippen molar-refractivity contribution < 1.29 is 41.0 Å². The van der Waals surface area contributed by atoms with E-state index in [9.17, 15) is 31.1 Å². The van der Waals surface area contributed by atoms with Gasteiger partial charge in [0.15, 0.2) is 0 Å². The lowest BCUT2D eigenvalue weighted by Crippen LogP contribution is -2.45. The zero-order chi connectivity index (χ0) is 25.8. The molecular weight excluding hydrogens is 488 g/mol. The number of carboxylic acids is 1. The summed E-state index contributed by atoms with van der Waals surface area (Å²) in [5, 5.41) is 13.9. The van der Waals surface area contributed by atoms with Crippen LogP contribution < -0.4 is 10.2 Å². The highest BCUT2D eigenvalue weighted by Gasteiger charge is 2.38. The lowest BCUT2D eigenvalue weighted by Gasteiger charge is -2.33. The predicted octanol–water partition coefficient (Wildman–Crippen LogP) is 2.57.